The molecule has 100 valence electrons. The highest BCUT2D eigenvalue weighted by Crippen LogP contribution is 2.15. The van der Waals surface area contributed by atoms with Crippen molar-refractivity contribution in [2.75, 3.05) is 11.9 Å². The van der Waals surface area contributed by atoms with Gasteiger partial charge in [-0.3, -0.25) is 4.79 Å². The first kappa shape index (κ1) is 13.2. The van der Waals surface area contributed by atoms with Gasteiger partial charge in [0.1, 0.15) is 12.7 Å². The third-order valence-corrected chi connectivity index (χ3v) is 2.37. The van der Waals surface area contributed by atoms with Gasteiger partial charge in [-0.15, -0.1) is 0 Å². The summed E-state index contributed by atoms with van der Waals surface area (Å²) in [6.07, 6.45) is 4.59. The topological polar surface area (TPSA) is 84.7 Å². The van der Waals surface area contributed by atoms with Crippen molar-refractivity contribution in [2.24, 2.45) is 0 Å². The van der Waals surface area contributed by atoms with Crippen LogP contribution in [0.15, 0.2) is 31.0 Å². The van der Waals surface area contributed by atoms with E-state index >= 15 is 0 Å². The van der Waals surface area contributed by atoms with Gasteiger partial charge < -0.3 is 10.6 Å². The number of pyridine rings is 1. The van der Waals surface area contributed by atoms with Crippen molar-refractivity contribution in [1.82, 2.24) is 25.1 Å². The van der Waals surface area contributed by atoms with Crippen LogP contribution in [-0.4, -0.2) is 38.2 Å². The van der Waals surface area contributed by atoms with Crippen molar-refractivity contribution in [3.8, 4) is 5.82 Å². The van der Waals surface area contributed by atoms with Crippen LogP contribution in [0.2, 0.25) is 0 Å². The van der Waals surface area contributed by atoms with E-state index in [4.69, 9.17) is 0 Å². The van der Waals surface area contributed by atoms with E-state index < -0.39 is 0 Å². The molecule has 7 heteroatoms. The van der Waals surface area contributed by atoms with Gasteiger partial charge in [0, 0.05) is 12.2 Å². The van der Waals surface area contributed by atoms with E-state index in [1.165, 1.54) is 17.3 Å². The van der Waals surface area contributed by atoms with Gasteiger partial charge in [-0.2, -0.15) is 5.10 Å². The van der Waals surface area contributed by atoms with E-state index in [1.54, 1.807) is 18.3 Å². The normalized spacial score (nSPS) is 10.7. The van der Waals surface area contributed by atoms with Gasteiger partial charge in [0.15, 0.2) is 5.82 Å². The van der Waals surface area contributed by atoms with E-state index in [-0.39, 0.29) is 18.5 Å². The molecule has 0 fully saturated rings. The summed E-state index contributed by atoms with van der Waals surface area (Å²) in [4.78, 5) is 19.9. The summed E-state index contributed by atoms with van der Waals surface area (Å²) in [5.41, 5.74) is 0.601. The lowest BCUT2D eigenvalue weighted by Crippen LogP contribution is -2.32. The number of amides is 1. The number of aromatic nitrogens is 4. The van der Waals surface area contributed by atoms with Gasteiger partial charge in [-0.25, -0.2) is 14.6 Å². The van der Waals surface area contributed by atoms with E-state index in [1.807, 2.05) is 13.8 Å². The van der Waals surface area contributed by atoms with Gasteiger partial charge in [0.05, 0.1) is 12.2 Å². The SMILES string of the molecule is CC(C)NCC(=O)Nc1cccnc1-n1cncn1. The molecule has 0 bridgehead atoms. The molecule has 2 N–H and O–H groups in total. The maximum absolute atomic E-state index is 11.8. The fraction of sp³-hybridized carbons (Fsp3) is 0.333. The van der Waals surface area contributed by atoms with Gasteiger partial charge in [-0.1, -0.05) is 13.8 Å². The summed E-state index contributed by atoms with van der Waals surface area (Å²) in [6, 6.07) is 3.79. The van der Waals surface area contributed by atoms with Crippen molar-refractivity contribution in [2.45, 2.75) is 19.9 Å². The second-order valence-corrected chi connectivity index (χ2v) is 4.30. The van der Waals surface area contributed by atoms with Gasteiger partial charge in [0.25, 0.3) is 0 Å². The fourth-order valence-electron chi connectivity index (χ4n) is 1.49. The van der Waals surface area contributed by atoms with Crippen LogP contribution in [-0.2, 0) is 4.79 Å². The van der Waals surface area contributed by atoms with Crippen LogP contribution in [0.1, 0.15) is 13.8 Å². The molecule has 2 aromatic rings. The molecule has 2 heterocycles. The van der Waals surface area contributed by atoms with Crippen LogP contribution in [0.3, 0.4) is 0 Å². The first-order valence-electron chi connectivity index (χ1n) is 6.00. The van der Waals surface area contributed by atoms with Crippen molar-refractivity contribution in [3.05, 3.63) is 31.0 Å². The van der Waals surface area contributed by atoms with Crippen molar-refractivity contribution < 1.29 is 4.79 Å². The molecule has 0 aromatic carbocycles. The lowest BCUT2D eigenvalue weighted by Gasteiger charge is -2.11. The van der Waals surface area contributed by atoms with Gasteiger partial charge in [-0.05, 0) is 12.1 Å². The van der Waals surface area contributed by atoms with Gasteiger partial charge in [0.2, 0.25) is 5.91 Å². The molecule has 19 heavy (non-hydrogen) atoms. The maximum atomic E-state index is 11.8. The van der Waals surface area contributed by atoms with Crippen LogP contribution in [0.25, 0.3) is 5.82 Å². The molecule has 0 saturated heterocycles. The molecule has 0 unspecified atom stereocenters. The Morgan fingerprint density at radius 3 is 3.00 bits per heavy atom. The molecule has 2 rings (SSSR count). The number of nitrogens with zero attached hydrogens (tertiary/aromatic N) is 4. The highest BCUT2D eigenvalue weighted by molar-refractivity contribution is 5.93. The largest absolute Gasteiger partial charge is 0.322 e. The van der Waals surface area contributed by atoms with Crippen molar-refractivity contribution >= 4 is 11.6 Å². The first-order valence-corrected chi connectivity index (χ1v) is 6.00. The molecule has 0 radical (unpaired) electrons. The molecule has 2 aromatic heterocycles. The Labute approximate surface area is 111 Å². The number of hydrogen-bond donors (Lipinski definition) is 2. The Balaban J connectivity index is 2.10. The zero-order valence-corrected chi connectivity index (χ0v) is 10.9. The summed E-state index contributed by atoms with van der Waals surface area (Å²) in [7, 11) is 0. The maximum Gasteiger partial charge on any atom is 0.238 e. The van der Waals surface area contributed by atoms with E-state index in [0.717, 1.165) is 0 Å². The summed E-state index contributed by atoms with van der Waals surface area (Å²) in [6.45, 7) is 4.22. The number of hydrogen-bond acceptors (Lipinski definition) is 5. The van der Waals surface area contributed by atoms with Crippen molar-refractivity contribution in [1.29, 1.82) is 0 Å². The van der Waals surface area contributed by atoms with Crippen LogP contribution in [0, 0.1) is 0 Å². The molecule has 1 amide bonds. The smallest absolute Gasteiger partial charge is 0.238 e. The zero-order valence-electron chi connectivity index (χ0n) is 10.9. The van der Waals surface area contributed by atoms with Gasteiger partial charge >= 0.3 is 0 Å². The third-order valence-electron chi connectivity index (χ3n) is 2.37. The Morgan fingerprint density at radius 1 is 1.47 bits per heavy atom. The number of carbonyl (C=O) groups excluding carboxylic acids is 1. The zero-order chi connectivity index (χ0) is 13.7. The number of nitrogens with one attached hydrogen (secondary N) is 2. The molecule has 7 nitrogen and oxygen atoms in total. The molecule has 0 saturated carbocycles. The second kappa shape index (κ2) is 6.05. The standard InChI is InChI=1S/C12H16N6O/c1-9(2)15-6-11(19)17-10-4-3-5-14-12(10)18-8-13-7-16-18/h3-5,7-9,15H,6H2,1-2H3,(H,17,19). The minimum absolute atomic E-state index is 0.122. The molecule has 0 aliphatic rings. The highest BCUT2D eigenvalue weighted by Gasteiger charge is 2.09. The quantitative estimate of drug-likeness (QED) is 0.822. The molecular formula is C12H16N6O. The van der Waals surface area contributed by atoms with E-state index in [2.05, 4.69) is 25.7 Å². The lowest BCUT2D eigenvalue weighted by atomic mass is 10.3. The summed E-state index contributed by atoms with van der Waals surface area (Å²) in [5.74, 6) is 0.418. The average molecular weight is 260 g/mol. The lowest BCUT2D eigenvalue weighted by molar-refractivity contribution is -0.115. The first-order chi connectivity index (χ1) is 9.16. The Bertz CT molecular complexity index is 537. The molecular weight excluding hydrogens is 244 g/mol. The van der Waals surface area contributed by atoms with Crippen LogP contribution in [0.5, 0.6) is 0 Å². The molecule has 0 atom stereocenters. The second-order valence-electron chi connectivity index (χ2n) is 4.30. The number of carbonyl (C=O) groups is 1. The minimum atomic E-state index is -0.122. The summed E-state index contributed by atoms with van der Waals surface area (Å²) < 4.78 is 1.51. The van der Waals surface area contributed by atoms with E-state index in [0.29, 0.717) is 11.5 Å². The highest BCUT2D eigenvalue weighted by atomic mass is 16.1. The van der Waals surface area contributed by atoms with Crippen LogP contribution >= 0.6 is 0 Å². The van der Waals surface area contributed by atoms with Crippen LogP contribution < -0.4 is 10.6 Å². The number of rotatable bonds is 5. The molecule has 0 aliphatic heterocycles. The predicted octanol–water partition coefficient (Wildman–Crippen LogP) is 0.599. The van der Waals surface area contributed by atoms with Crippen molar-refractivity contribution in [3.63, 3.8) is 0 Å². The fourth-order valence-corrected chi connectivity index (χ4v) is 1.49. The monoisotopic (exact) mass is 260 g/mol. The molecule has 0 aliphatic carbocycles. The predicted molar refractivity (Wildman–Crippen MR) is 70.9 cm³/mol. The third kappa shape index (κ3) is 3.59. The number of anilines is 1. The Morgan fingerprint density at radius 2 is 2.32 bits per heavy atom. The summed E-state index contributed by atoms with van der Waals surface area (Å²) in [5, 5.41) is 9.86. The Hall–Kier alpha value is -2.28. The van der Waals surface area contributed by atoms with E-state index in [9.17, 15) is 4.79 Å². The van der Waals surface area contributed by atoms with Crippen LogP contribution in [0.4, 0.5) is 5.69 Å². The molecule has 0 spiro atoms. The Kier molecular flexibility index (Phi) is 4.19. The minimum Gasteiger partial charge on any atom is -0.322 e. The average Bonchev–Trinajstić information content (AvgIpc) is 2.91. The summed E-state index contributed by atoms with van der Waals surface area (Å²) >= 11 is 0.